The van der Waals surface area contributed by atoms with Gasteiger partial charge in [-0.15, -0.1) is 0 Å². The number of ketones is 1. The summed E-state index contributed by atoms with van der Waals surface area (Å²) in [4.78, 5) is 11.7. The lowest BCUT2D eigenvalue weighted by atomic mass is 9.96. The number of carbonyl (C=O) groups is 1. The lowest BCUT2D eigenvalue weighted by molar-refractivity contribution is -0.122. The average Bonchev–Trinajstić information content (AvgIpc) is 2.32. The van der Waals surface area contributed by atoms with Crippen LogP contribution in [0.15, 0.2) is 30.3 Å². The first-order valence-electron chi connectivity index (χ1n) is 6.04. The summed E-state index contributed by atoms with van der Waals surface area (Å²) in [5.41, 5.74) is 6.85. The molecule has 0 heterocycles. The van der Waals surface area contributed by atoms with Crippen molar-refractivity contribution in [2.75, 3.05) is 6.54 Å². The third kappa shape index (κ3) is 4.15. The fourth-order valence-electron chi connectivity index (χ4n) is 1.84. The Balaban J connectivity index is 2.28. The summed E-state index contributed by atoms with van der Waals surface area (Å²) in [6.45, 7) is 2.51. The van der Waals surface area contributed by atoms with Gasteiger partial charge in [-0.25, -0.2) is 0 Å². The Morgan fingerprint density at radius 2 is 2.00 bits per heavy atom. The van der Waals surface area contributed by atoms with Crippen LogP contribution in [0.3, 0.4) is 0 Å². The zero-order chi connectivity index (χ0) is 11.8. The summed E-state index contributed by atoms with van der Waals surface area (Å²) >= 11 is 0. The third-order valence-electron chi connectivity index (χ3n) is 2.96. The minimum absolute atomic E-state index is 0.0655. The molecule has 2 heteroatoms. The number of hydrogen-bond donors (Lipinski definition) is 1. The minimum atomic E-state index is 0.0655. The van der Waals surface area contributed by atoms with Gasteiger partial charge in [0.05, 0.1) is 0 Å². The van der Waals surface area contributed by atoms with Gasteiger partial charge in [-0.1, -0.05) is 37.3 Å². The van der Waals surface area contributed by atoms with E-state index in [-0.39, 0.29) is 5.92 Å². The van der Waals surface area contributed by atoms with Crippen LogP contribution in [0.5, 0.6) is 0 Å². The van der Waals surface area contributed by atoms with E-state index in [2.05, 4.69) is 12.1 Å². The first-order chi connectivity index (χ1) is 7.77. The van der Waals surface area contributed by atoms with Crippen LogP contribution < -0.4 is 5.73 Å². The van der Waals surface area contributed by atoms with E-state index in [1.165, 1.54) is 5.56 Å². The molecular formula is C14H21NO. The first-order valence-corrected chi connectivity index (χ1v) is 6.04. The Kier molecular flexibility index (Phi) is 5.79. The number of hydrogen-bond acceptors (Lipinski definition) is 2. The summed E-state index contributed by atoms with van der Waals surface area (Å²) < 4.78 is 0. The van der Waals surface area contributed by atoms with Crippen LogP contribution in [-0.4, -0.2) is 12.3 Å². The molecule has 0 aromatic heterocycles. The smallest absolute Gasteiger partial charge is 0.137 e. The maximum atomic E-state index is 11.7. The SMILES string of the molecule is CCC(CN)C(=O)CCCc1ccccc1. The molecule has 0 fully saturated rings. The molecule has 0 aliphatic carbocycles. The van der Waals surface area contributed by atoms with Gasteiger partial charge in [-0.05, 0) is 24.8 Å². The van der Waals surface area contributed by atoms with Gasteiger partial charge in [-0.2, -0.15) is 0 Å². The van der Waals surface area contributed by atoms with Crippen molar-refractivity contribution in [3.63, 3.8) is 0 Å². The molecule has 1 atom stereocenters. The van der Waals surface area contributed by atoms with Gasteiger partial charge in [0, 0.05) is 18.9 Å². The molecular weight excluding hydrogens is 198 g/mol. The van der Waals surface area contributed by atoms with E-state index in [1.807, 2.05) is 25.1 Å². The van der Waals surface area contributed by atoms with Crippen molar-refractivity contribution in [1.29, 1.82) is 0 Å². The molecule has 1 rings (SSSR count). The van der Waals surface area contributed by atoms with Gasteiger partial charge in [0.25, 0.3) is 0 Å². The van der Waals surface area contributed by atoms with Crippen LogP contribution in [0, 0.1) is 5.92 Å². The average molecular weight is 219 g/mol. The molecule has 16 heavy (non-hydrogen) atoms. The molecule has 0 spiro atoms. The Hall–Kier alpha value is -1.15. The minimum Gasteiger partial charge on any atom is -0.330 e. The van der Waals surface area contributed by atoms with Crippen molar-refractivity contribution >= 4 is 5.78 Å². The molecule has 0 radical (unpaired) electrons. The number of nitrogens with two attached hydrogens (primary N) is 1. The normalized spacial score (nSPS) is 12.4. The van der Waals surface area contributed by atoms with E-state index >= 15 is 0 Å². The summed E-state index contributed by atoms with van der Waals surface area (Å²) in [5, 5.41) is 0. The van der Waals surface area contributed by atoms with E-state index in [0.29, 0.717) is 18.7 Å². The van der Waals surface area contributed by atoms with Gasteiger partial charge >= 0.3 is 0 Å². The van der Waals surface area contributed by atoms with Crippen LogP contribution in [0.4, 0.5) is 0 Å². The Morgan fingerprint density at radius 3 is 2.56 bits per heavy atom. The fourth-order valence-corrected chi connectivity index (χ4v) is 1.84. The van der Waals surface area contributed by atoms with Crippen LogP contribution in [0.2, 0.25) is 0 Å². The van der Waals surface area contributed by atoms with Crippen molar-refractivity contribution in [2.24, 2.45) is 11.7 Å². The molecule has 0 bridgehead atoms. The number of benzene rings is 1. The first kappa shape index (κ1) is 12.9. The monoisotopic (exact) mass is 219 g/mol. The highest BCUT2D eigenvalue weighted by atomic mass is 16.1. The second-order valence-electron chi connectivity index (χ2n) is 4.15. The standard InChI is InChI=1S/C14H21NO/c1-2-13(11-15)14(16)10-6-9-12-7-4-3-5-8-12/h3-5,7-8,13H,2,6,9-11,15H2,1H3. The quantitative estimate of drug-likeness (QED) is 0.766. The number of carbonyl (C=O) groups excluding carboxylic acids is 1. The molecule has 0 aliphatic heterocycles. The summed E-state index contributed by atoms with van der Waals surface area (Å²) in [7, 11) is 0. The highest BCUT2D eigenvalue weighted by Crippen LogP contribution is 2.10. The second-order valence-corrected chi connectivity index (χ2v) is 4.15. The van der Waals surface area contributed by atoms with Crippen LogP contribution in [0.25, 0.3) is 0 Å². The molecule has 1 unspecified atom stereocenters. The van der Waals surface area contributed by atoms with Crippen molar-refractivity contribution in [1.82, 2.24) is 0 Å². The Bertz CT molecular complexity index is 304. The molecule has 2 nitrogen and oxygen atoms in total. The maximum absolute atomic E-state index is 11.7. The van der Waals surface area contributed by atoms with Gasteiger partial charge in [0.1, 0.15) is 5.78 Å². The van der Waals surface area contributed by atoms with Gasteiger partial charge in [-0.3, -0.25) is 4.79 Å². The Labute approximate surface area is 97.9 Å². The molecule has 0 amide bonds. The predicted molar refractivity (Wildman–Crippen MR) is 67.2 cm³/mol. The van der Waals surface area contributed by atoms with E-state index < -0.39 is 0 Å². The fraction of sp³-hybridized carbons (Fsp3) is 0.500. The van der Waals surface area contributed by atoms with E-state index in [1.54, 1.807) is 0 Å². The second kappa shape index (κ2) is 7.18. The van der Waals surface area contributed by atoms with Crippen molar-refractivity contribution in [2.45, 2.75) is 32.6 Å². The lowest BCUT2D eigenvalue weighted by Crippen LogP contribution is -2.22. The largest absolute Gasteiger partial charge is 0.330 e. The molecule has 88 valence electrons. The zero-order valence-corrected chi connectivity index (χ0v) is 9.99. The van der Waals surface area contributed by atoms with Gasteiger partial charge in [0.15, 0.2) is 0 Å². The summed E-state index contributed by atoms with van der Waals surface area (Å²) in [6, 6.07) is 10.3. The van der Waals surface area contributed by atoms with E-state index in [9.17, 15) is 4.79 Å². The lowest BCUT2D eigenvalue weighted by Gasteiger charge is -2.10. The van der Waals surface area contributed by atoms with Crippen LogP contribution in [0.1, 0.15) is 31.7 Å². The highest BCUT2D eigenvalue weighted by Gasteiger charge is 2.13. The highest BCUT2D eigenvalue weighted by molar-refractivity contribution is 5.81. The van der Waals surface area contributed by atoms with Crippen molar-refractivity contribution < 1.29 is 4.79 Å². The third-order valence-corrected chi connectivity index (χ3v) is 2.96. The van der Waals surface area contributed by atoms with E-state index in [4.69, 9.17) is 5.73 Å². The summed E-state index contributed by atoms with van der Waals surface area (Å²) in [5.74, 6) is 0.386. The van der Waals surface area contributed by atoms with Gasteiger partial charge in [0.2, 0.25) is 0 Å². The van der Waals surface area contributed by atoms with Crippen LogP contribution >= 0.6 is 0 Å². The molecule has 0 saturated heterocycles. The predicted octanol–water partition coefficient (Wildman–Crippen LogP) is 2.56. The molecule has 2 N–H and O–H groups in total. The number of Topliss-reactive ketones (excluding diaryl/α,β-unsaturated/α-hetero) is 1. The number of rotatable bonds is 7. The molecule has 1 aromatic carbocycles. The van der Waals surface area contributed by atoms with Crippen molar-refractivity contribution in [3.8, 4) is 0 Å². The maximum Gasteiger partial charge on any atom is 0.137 e. The van der Waals surface area contributed by atoms with E-state index in [0.717, 1.165) is 19.3 Å². The molecule has 1 aromatic rings. The van der Waals surface area contributed by atoms with Crippen molar-refractivity contribution in [3.05, 3.63) is 35.9 Å². The zero-order valence-electron chi connectivity index (χ0n) is 9.99. The number of aryl methyl sites for hydroxylation is 1. The Morgan fingerprint density at radius 1 is 1.31 bits per heavy atom. The topological polar surface area (TPSA) is 43.1 Å². The summed E-state index contributed by atoms with van der Waals surface area (Å²) in [6.07, 6.45) is 3.43. The van der Waals surface area contributed by atoms with Crippen LogP contribution in [-0.2, 0) is 11.2 Å². The van der Waals surface area contributed by atoms with Gasteiger partial charge < -0.3 is 5.73 Å². The molecule has 0 saturated carbocycles. The molecule has 0 aliphatic rings.